The van der Waals surface area contributed by atoms with E-state index < -0.39 is 0 Å². The summed E-state index contributed by atoms with van der Waals surface area (Å²) in [6, 6.07) is -0.123. The van der Waals surface area contributed by atoms with Crippen LogP contribution in [0.4, 0.5) is 0 Å². The first-order valence-corrected chi connectivity index (χ1v) is 4.92. The van der Waals surface area contributed by atoms with Crippen LogP contribution in [0.2, 0.25) is 0 Å². The Morgan fingerprint density at radius 2 is 2.23 bits per heavy atom. The Kier molecular flexibility index (Phi) is 3.31. The van der Waals surface area contributed by atoms with Crippen molar-refractivity contribution >= 4 is 5.97 Å². The maximum absolute atomic E-state index is 11.2. The van der Waals surface area contributed by atoms with Gasteiger partial charge in [0.15, 0.2) is 0 Å². The van der Waals surface area contributed by atoms with Crippen LogP contribution in [0, 0.1) is 5.41 Å². The molecular formula is C10H19NO2. The Bertz CT molecular complexity index is 187. The maximum atomic E-state index is 11.2. The van der Waals surface area contributed by atoms with Gasteiger partial charge in [-0.1, -0.05) is 13.8 Å². The van der Waals surface area contributed by atoms with E-state index in [0.29, 0.717) is 5.41 Å². The van der Waals surface area contributed by atoms with E-state index in [4.69, 9.17) is 0 Å². The van der Waals surface area contributed by atoms with Gasteiger partial charge in [0, 0.05) is 6.54 Å². The molecule has 0 spiro atoms. The summed E-state index contributed by atoms with van der Waals surface area (Å²) in [6.45, 7) is 5.16. The molecule has 1 saturated carbocycles. The van der Waals surface area contributed by atoms with E-state index in [1.165, 1.54) is 20.0 Å². The minimum Gasteiger partial charge on any atom is -0.468 e. The number of ether oxygens (including phenoxy) is 1. The third-order valence-corrected chi connectivity index (χ3v) is 2.77. The molecule has 13 heavy (non-hydrogen) atoms. The fourth-order valence-corrected chi connectivity index (χ4v) is 1.30. The second kappa shape index (κ2) is 4.09. The average molecular weight is 185 g/mol. The predicted octanol–water partition coefficient (Wildman–Crippen LogP) is 1.33. The second-order valence-electron chi connectivity index (χ2n) is 4.18. The van der Waals surface area contributed by atoms with Gasteiger partial charge < -0.3 is 10.1 Å². The minimum atomic E-state index is -0.147. The number of carbonyl (C=O) groups is 1. The quantitative estimate of drug-likeness (QED) is 0.657. The van der Waals surface area contributed by atoms with Crippen LogP contribution in [0.25, 0.3) is 0 Å². The van der Waals surface area contributed by atoms with Crippen molar-refractivity contribution in [1.82, 2.24) is 5.32 Å². The van der Waals surface area contributed by atoms with Crippen molar-refractivity contribution in [3.05, 3.63) is 0 Å². The summed E-state index contributed by atoms with van der Waals surface area (Å²) in [5.41, 5.74) is 0.446. The monoisotopic (exact) mass is 185 g/mol. The molecule has 1 fully saturated rings. The van der Waals surface area contributed by atoms with Crippen molar-refractivity contribution in [3.8, 4) is 0 Å². The molecule has 0 aromatic heterocycles. The molecule has 1 aliphatic rings. The summed E-state index contributed by atoms with van der Waals surface area (Å²) in [7, 11) is 1.44. The number of esters is 1. The molecule has 0 radical (unpaired) electrons. The summed E-state index contributed by atoms with van der Waals surface area (Å²) in [5.74, 6) is -0.147. The van der Waals surface area contributed by atoms with Crippen LogP contribution in [0.3, 0.4) is 0 Å². The van der Waals surface area contributed by atoms with Crippen molar-refractivity contribution in [2.45, 2.75) is 39.2 Å². The van der Waals surface area contributed by atoms with Gasteiger partial charge in [0.1, 0.15) is 6.04 Å². The van der Waals surface area contributed by atoms with Gasteiger partial charge in [-0.2, -0.15) is 0 Å². The third-order valence-electron chi connectivity index (χ3n) is 2.77. The number of rotatable bonds is 5. The Hall–Kier alpha value is -0.570. The summed E-state index contributed by atoms with van der Waals surface area (Å²) in [6.07, 6.45) is 3.35. The molecule has 76 valence electrons. The smallest absolute Gasteiger partial charge is 0.322 e. The lowest BCUT2D eigenvalue weighted by Crippen LogP contribution is -2.39. The first kappa shape index (κ1) is 10.5. The molecule has 1 atom stereocenters. The fraction of sp³-hybridized carbons (Fsp3) is 0.900. The normalized spacial score (nSPS) is 20.8. The Labute approximate surface area is 79.8 Å². The zero-order chi connectivity index (χ0) is 9.90. The lowest BCUT2D eigenvalue weighted by molar-refractivity contribution is -0.143. The second-order valence-corrected chi connectivity index (χ2v) is 4.18. The molecule has 0 heterocycles. The Morgan fingerprint density at radius 3 is 2.62 bits per heavy atom. The van der Waals surface area contributed by atoms with Crippen molar-refractivity contribution in [3.63, 3.8) is 0 Å². The molecule has 1 N–H and O–H groups in total. The first-order chi connectivity index (χ1) is 6.11. The topological polar surface area (TPSA) is 38.3 Å². The van der Waals surface area contributed by atoms with Gasteiger partial charge in [0.2, 0.25) is 0 Å². The summed E-state index contributed by atoms with van der Waals surface area (Å²) in [4.78, 5) is 11.2. The van der Waals surface area contributed by atoms with E-state index in [-0.39, 0.29) is 12.0 Å². The number of carbonyl (C=O) groups excluding carboxylic acids is 1. The van der Waals surface area contributed by atoms with Gasteiger partial charge in [-0.15, -0.1) is 0 Å². The van der Waals surface area contributed by atoms with E-state index in [2.05, 4.69) is 17.0 Å². The SMILES string of the molecule is CCC(NCC1(C)CC1)C(=O)OC. The highest BCUT2D eigenvalue weighted by atomic mass is 16.5. The molecule has 1 unspecified atom stereocenters. The van der Waals surface area contributed by atoms with Crippen LogP contribution in [-0.2, 0) is 9.53 Å². The Balaban J connectivity index is 2.27. The van der Waals surface area contributed by atoms with Gasteiger partial charge in [-0.25, -0.2) is 0 Å². The van der Waals surface area contributed by atoms with E-state index >= 15 is 0 Å². The summed E-state index contributed by atoms with van der Waals surface area (Å²) < 4.78 is 4.69. The molecule has 3 heteroatoms. The molecule has 0 saturated heterocycles. The molecule has 1 aliphatic carbocycles. The molecule has 0 aromatic carbocycles. The highest BCUT2D eigenvalue weighted by Gasteiger charge is 2.37. The van der Waals surface area contributed by atoms with Crippen molar-refractivity contribution in [1.29, 1.82) is 0 Å². The zero-order valence-electron chi connectivity index (χ0n) is 8.72. The molecule has 0 aromatic rings. The highest BCUT2D eigenvalue weighted by Crippen LogP contribution is 2.44. The highest BCUT2D eigenvalue weighted by molar-refractivity contribution is 5.75. The number of hydrogen-bond acceptors (Lipinski definition) is 3. The van der Waals surface area contributed by atoms with Gasteiger partial charge >= 0.3 is 5.97 Å². The van der Waals surface area contributed by atoms with Gasteiger partial charge in [-0.05, 0) is 24.7 Å². The molecule has 0 bridgehead atoms. The Morgan fingerprint density at radius 1 is 1.62 bits per heavy atom. The fourth-order valence-electron chi connectivity index (χ4n) is 1.30. The van der Waals surface area contributed by atoms with Crippen LogP contribution in [0.1, 0.15) is 33.1 Å². The van der Waals surface area contributed by atoms with Crippen LogP contribution >= 0.6 is 0 Å². The molecular weight excluding hydrogens is 166 g/mol. The zero-order valence-corrected chi connectivity index (χ0v) is 8.72. The standard InChI is InChI=1S/C10H19NO2/c1-4-8(9(12)13-3)11-7-10(2)5-6-10/h8,11H,4-7H2,1-3H3. The first-order valence-electron chi connectivity index (χ1n) is 4.92. The van der Waals surface area contributed by atoms with Crippen molar-refractivity contribution in [2.24, 2.45) is 5.41 Å². The predicted molar refractivity (Wildman–Crippen MR) is 51.4 cm³/mol. The lowest BCUT2D eigenvalue weighted by Gasteiger charge is -2.17. The average Bonchev–Trinajstić information content (AvgIpc) is 2.85. The van der Waals surface area contributed by atoms with E-state index in [1.807, 2.05) is 6.92 Å². The van der Waals surface area contributed by atoms with Crippen molar-refractivity contribution < 1.29 is 9.53 Å². The van der Waals surface area contributed by atoms with Crippen LogP contribution < -0.4 is 5.32 Å². The molecule has 0 amide bonds. The molecule has 0 aliphatic heterocycles. The van der Waals surface area contributed by atoms with Crippen LogP contribution in [0.5, 0.6) is 0 Å². The third kappa shape index (κ3) is 2.99. The maximum Gasteiger partial charge on any atom is 0.322 e. The van der Waals surface area contributed by atoms with E-state index in [1.54, 1.807) is 0 Å². The van der Waals surface area contributed by atoms with Crippen LogP contribution in [0.15, 0.2) is 0 Å². The molecule has 1 rings (SSSR count). The van der Waals surface area contributed by atoms with Gasteiger partial charge in [0.25, 0.3) is 0 Å². The van der Waals surface area contributed by atoms with E-state index in [9.17, 15) is 4.79 Å². The lowest BCUT2D eigenvalue weighted by atomic mass is 10.1. The van der Waals surface area contributed by atoms with Gasteiger partial charge in [0.05, 0.1) is 7.11 Å². The van der Waals surface area contributed by atoms with Crippen LogP contribution in [-0.4, -0.2) is 25.7 Å². The largest absolute Gasteiger partial charge is 0.468 e. The van der Waals surface area contributed by atoms with Crippen molar-refractivity contribution in [2.75, 3.05) is 13.7 Å². The molecule has 3 nitrogen and oxygen atoms in total. The van der Waals surface area contributed by atoms with Gasteiger partial charge in [-0.3, -0.25) is 4.79 Å². The summed E-state index contributed by atoms with van der Waals surface area (Å²) >= 11 is 0. The minimum absolute atomic E-state index is 0.123. The number of hydrogen-bond donors (Lipinski definition) is 1. The number of nitrogens with one attached hydrogen (secondary N) is 1. The summed E-state index contributed by atoms with van der Waals surface area (Å²) in [5, 5.41) is 3.25. The van der Waals surface area contributed by atoms with E-state index in [0.717, 1.165) is 13.0 Å². The number of methoxy groups -OCH3 is 1.